The Morgan fingerprint density at radius 1 is 0.383 bits per heavy atom. The van der Waals surface area contributed by atoms with E-state index in [0.717, 1.165) is 5.69 Å². The van der Waals surface area contributed by atoms with Gasteiger partial charge in [0.05, 0.1) is 5.69 Å². The maximum absolute atomic E-state index is 2.48. The van der Waals surface area contributed by atoms with Crippen LogP contribution in [0.5, 0.6) is 0 Å². The van der Waals surface area contributed by atoms with Gasteiger partial charge in [0, 0.05) is 27.6 Å². The van der Waals surface area contributed by atoms with E-state index in [0.29, 0.717) is 0 Å². The van der Waals surface area contributed by atoms with Crippen molar-refractivity contribution in [3.05, 3.63) is 174 Å². The summed E-state index contributed by atoms with van der Waals surface area (Å²) in [5.41, 5.74) is 16.8. The van der Waals surface area contributed by atoms with Gasteiger partial charge in [0.2, 0.25) is 0 Å². The molecular formula is C46H37N. The fraction of sp³-hybridized carbons (Fsp3) is 0.130. The van der Waals surface area contributed by atoms with Gasteiger partial charge in [-0.1, -0.05) is 143 Å². The van der Waals surface area contributed by atoms with Gasteiger partial charge in [-0.3, -0.25) is 0 Å². The smallest absolute Gasteiger partial charge is 0.0546 e. The van der Waals surface area contributed by atoms with Gasteiger partial charge < -0.3 is 4.90 Å². The van der Waals surface area contributed by atoms with E-state index in [1.807, 2.05) is 0 Å². The second-order valence-corrected chi connectivity index (χ2v) is 14.2. The Morgan fingerprint density at radius 2 is 0.979 bits per heavy atom. The minimum Gasteiger partial charge on any atom is -0.310 e. The lowest BCUT2D eigenvalue weighted by Crippen LogP contribution is -2.17. The normalized spacial score (nSPS) is 14.7. The summed E-state index contributed by atoms with van der Waals surface area (Å²) in [6.07, 6.45) is 0. The van der Waals surface area contributed by atoms with Gasteiger partial charge in [-0.05, 0) is 97.4 Å². The first-order valence-corrected chi connectivity index (χ1v) is 16.7. The zero-order valence-electron chi connectivity index (χ0n) is 27.4. The van der Waals surface area contributed by atoms with E-state index >= 15 is 0 Å². The highest BCUT2D eigenvalue weighted by atomic mass is 15.1. The molecule has 0 saturated heterocycles. The summed E-state index contributed by atoms with van der Waals surface area (Å²) in [5.74, 6) is 0. The van der Waals surface area contributed by atoms with E-state index in [1.165, 1.54) is 77.8 Å². The van der Waals surface area contributed by atoms with Crippen molar-refractivity contribution in [2.45, 2.75) is 38.5 Å². The first-order chi connectivity index (χ1) is 22.8. The van der Waals surface area contributed by atoms with Crippen LogP contribution in [0.2, 0.25) is 0 Å². The molecule has 0 saturated carbocycles. The SMILES string of the molecule is CC1(C)c2ccccc2-c2ccc(N(c3ccccc3)c3cc4c(c5ccccc35)C(C)(C)c3cc(-c5ccccc5)ccc3-4)cc21. The highest BCUT2D eigenvalue weighted by Crippen LogP contribution is 2.56. The Morgan fingerprint density at radius 3 is 1.77 bits per heavy atom. The number of nitrogens with zero attached hydrogens (tertiary/aromatic N) is 1. The number of para-hydroxylation sites is 1. The van der Waals surface area contributed by atoms with Crippen molar-refractivity contribution in [1.29, 1.82) is 0 Å². The van der Waals surface area contributed by atoms with Crippen molar-refractivity contribution < 1.29 is 0 Å². The summed E-state index contributed by atoms with van der Waals surface area (Å²) in [7, 11) is 0. The number of fused-ring (bicyclic) bond motifs is 8. The molecule has 0 aromatic heterocycles. The number of rotatable bonds is 4. The molecule has 0 bridgehead atoms. The van der Waals surface area contributed by atoms with Gasteiger partial charge in [0.25, 0.3) is 0 Å². The fourth-order valence-corrected chi connectivity index (χ4v) is 8.50. The maximum atomic E-state index is 2.48. The van der Waals surface area contributed by atoms with Crippen molar-refractivity contribution in [1.82, 2.24) is 0 Å². The summed E-state index contributed by atoms with van der Waals surface area (Å²) in [6.45, 7) is 9.52. The Balaban J connectivity index is 1.29. The van der Waals surface area contributed by atoms with Crippen LogP contribution in [0.4, 0.5) is 17.1 Å². The van der Waals surface area contributed by atoms with E-state index < -0.39 is 0 Å². The van der Waals surface area contributed by atoms with Crippen LogP contribution in [-0.4, -0.2) is 0 Å². The van der Waals surface area contributed by atoms with Crippen molar-refractivity contribution >= 4 is 27.8 Å². The molecule has 0 atom stereocenters. The largest absolute Gasteiger partial charge is 0.310 e. The molecule has 0 fully saturated rings. The molecule has 2 aliphatic rings. The summed E-state index contributed by atoms with van der Waals surface area (Å²) in [4.78, 5) is 2.48. The summed E-state index contributed by atoms with van der Waals surface area (Å²) in [6, 6.07) is 56.2. The maximum Gasteiger partial charge on any atom is 0.0546 e. The minimum atomic E-state index is -0.144. The van der Waals surface area contributed by atoms with Crippen molar-refractivity contribution in [2.24, 2.45) is 0 Å². The van der Waals surface area contributed by atoms with E-state index in [9.17, 15) is 0 Å². The topological polar surface area (TPSA) is 3.24 Å². The van der Waals surface area contributed by atoms with Crippen molar-refractivity contribution in [3.63, 3.8) is 0 Å². The first-order valence-electron chi connectivity index (χ1n) is 16.7. The third-order valence-electron chi connectivity index (χ3n) is 10.8. The monoisotopic (exact) mass is 603 g/mol. The predicted octanol–water partition coefficient (Wildman–Crippen LogP) is 12.6. The summed E-state index contributed by atoms with van der Waals surface area (Å²) in [5, 5.41) is 2.58. The van der Waals surface area contributed by atoms with Crippen LogP contribution in [0, 0.1) is 0 Å². The zero-order valence-corrected chi connectivity index (χ0v) is 27.4. The minimum absolute atomic E-state index is 0.0796. The molecule has 2 aliphatic carbocycles. The van der Waals surface area contributed by atoms with Gasteiger partial charge >= 0.3 is 0 Å². The molecule has 1 heteroatoms. The second kappa shape index (κ2) is 10.0. The van der Waals surface area contributed by atoms with Gasteiger partial charge in [0.15, 0.2) is 0 Å². The number of hydrogen-bond acceptors (Lipinski definition) is 1. The quantitative estimate of drug-likeness (QED) is 0.193. The van der Waals surface area contributed by atoms with Gasteiger partial charge in [-0.15, -0.1) is 0 Å². The molecule has 0 amide bonds. The molecular weight excluding hydrogens is 567 g/mol. The lowest BCUT2D eigenvalue weighted by Gasteiger charge is -2.30. The molecule has 0 spiro atoms. The molecule has 0 unspecified atom stereocenters. The Bertz CT molecular complexity index is 2340. The van der Waals surface area contributed by atoms with Gasteiger partial charge in [-0.2, -0.15) is 0 Å². The molecule has 0 aliphatic heterocycles. The average molecular weight is 604 g/mol. The number of benzene rings is 7. The predicted molar refractivity (Wildman–Crippen MR) is 199 cm³/mol. The fourth-order valence-electron chi connectivity index (χ4n) is 8.50. The molecule has 9 rings (SSSR count). The third kappa shape index (κ3) is 4.02. The standard InChI is InChI=1S/C46H37N/c1-45(2)40-22-14-13-19-34(40)35-26-24-33(28-42(35)45)47(32-17-9-6-10-18-32)43-29-39-36-25-23-31(30-15-7-5-8-16-30)27-41(36)46(3,4)44(39)38-21-12-11-20-37(38)43/h5-29H,1-4H3. The van der Waals surface area contributed by atoms with E-state index in [1.54, 1.807) is 0 Å². The van der Waals surface area contributed by atoms with E-state index in [4.69, 9.17) is 0 Å². The summed E-state index contributed by atoms with van der Waals surface area (Å²) < 4.78 is 0. The van der Waals surface area contributed by atoms with Crippen LogP contribution < -0.4 is 4.90 Å². The highest BCUT2D eigenvalue weighted by molar-refractivity contribution is 6.07. The Labute approximate surface area is 277 Å². The molecule has 1 nitrogen and oxygen atoms in total. The lowest BCUT2D eigenvalue weighted by molar-refractivity contribution is 0.660. The molecule has 7 aromatic carbocycles. The first kappa shape index (κ1) is 27.9. The van der Waals surface area contributed by atoms with Gasteiger partial charge in [0.1, 0.15) is 0 Å². The highest BCUT2D eigenvalue weighted by Gasteiger charge is 2.39. The summed E-state index contributed by atoms with van der Waals surface area (Å²) >= 11 is 0. The van der Waals surface area contributed by atoms with Crippen LogP contribution in [0.15, 0.2) is 152 Å². The average Bonchev–Trinajstić information content (AvgIpc) is 3.48. The van der Waals surface area contributed by atoms with E-state index in [-0.39, 0.29) is 10.8 Å². The molecule has 226 valence electrons. The lowest BCUT2D eigenvalue weighted by atomic mass is 9.79. The molecule has 47 heavy (non-hydrogen) atoms. The molecule has 7 aromatic rings. The van der Waals surface area contributed by atoms with Crippen LogP contribution in [-0.2, 0) is 10.8 Å². The zero-order chi connectivity index (χ0) is 31.9. The van der Waals surface area contributed by atoms with E-state index in [2.05, 4.69) is 184 Å². The van der Waals surface area contributed by atoms with Crippen molar-refractivity contribution in [2.75, 3.05) is 4.90 Å². The third-order valence-corrected chi connectivity index (χ3v) is 10.8. The van der Waals surface area contributed by atoms with Crippen LogP contribution in [0.1, 0.15) is 49.9 Å². The van der Waals surface area contributed by atoms with Crippen LogP contribution >= 0.6 is 0 Å². The van der Waals surface area contributed by atoms with Crippen molar-refractivity contribution in [3.8, 4) is 33.4 Å². The van der Waals surface area contributed by atoms with Crippen LogP contribution in [0.25, 0.3) is 44.2 Å². The molecule has 0 heterocycles. The molecule has 0 N–H and O–H groups in total. The molecule has 0 radical (unpaired) electrons. The Kier molecular flexibility index (Phi) is 5.96. The van der Waals surface area contributed by atoms with Gasteiger partial charge in [-0.25, -0.2) is 0 Å². The second-order valence-electron chi connectivity index (χ2n) is 14.2. The van der Waals surface area contributed by atoms with Crippen LogP contribution in [0.3, 0.4) is 0 Å². The number of anilines is 3. The Hall–Kier alpha value is -5.40. The number of hydrogen-bond donors (Lipinski definition) is 0.